The Morgan fingerprint density at radius 2 is 1.71 bits per heavy atom. The molecular weight excluding hydrogens is 437 g/mol. The molecule has 0 aromatic heterocycles. The van der Waals surface area contributed by atoms with Crippen LogP contribution in [0.25, 0.3) is 0 Å². The van der Waals surface area contributed by atoms with E-state index in [1.54, 1.807) is 6.07 Å². The van der Waals surface area contributed by atoms with Crippen molar-refractivity contribution < 1.29 is 28.9 Å². The summed E-state index contributed by atoms with van der Waals surface area (Å²) in [6.45, 7) is 1.98. The highest BCUT2D eigenvalue weighted by Crippen LogP contribution is 2.60. The van der Waals surface area contributed by atoms with Gasteiger partial charge in [-0.25, -0.2) is 9.18 Å². The number of aliphatic carboxylic acids is 1. The summed E-state index contributed by atoms with van der Waals surface area (Å²) in [5.41, 5.74) is -0.383. The molecule has 1 aromatic rings. The highest BCUT2D eigenvalue weighted by atomic mass is 19.1. The molecule has 7 rings (SSSR count). The number of nitrogens with zero attached hydrogens (tertiary/aromatic N) is 1. The van der Waals surface area contributed by atoms with Crippen LogP contribution in [0.5, 0.6) is 5.75 Å². The first kappa shape index (κ1) is 22.3. The second-order valence-electron chi connectivity index (χ2n) is 12.3. The second-order valence-corrected chi connectivity index (χ2v) is 12.3. The number of hydrogen-bond acceptors (Lipinski definition) is 4. The van der Waals surface area contributed by atoms with Crippen LogP contribution < -0.4 is 4.74 Å². The number of amides is 1. The third-order valence-electron chi connectivity index (χ3n) is 9.11. The highest BCUT2D eigenvalue weighted by molar-refractivity contribution is 5.97. The van der Waals surface area contributed by atoms with E-state index in [-0.39, 0.29) is 29.9 Å². The van der Waals surface area contributed by atoms with Gasteiger partial charge in [0.05, 0.1) is 24.3 Å². The van der Waals surface area contributed by atoms with Crippen molar-refractivity contribution in [3.63, 3.8) is 0 Å². The Kier molecular flexibility index (Phi) is 5.04. The fourth-order valence-corrected chi connectivity index (χ4v) is 7.93. The minimum Gasteiger partial charge on any atom is -0.493 e. The molecule has 0 spiro atoms. The average molecular weight is 472 g/mol. The van der Waals surface area contributed by atoms with Gasteiger partial charge in [0.25, 0.3) is 5.91 Å². The summed E-state index contributed by atoms with van der Waals surface area (Å²) in [5.74, 6) is 0.663. The standard InChI is InChI=1S/C27H34FNO5/c1-26(33)12-22(25(31)32)29(13-26)24(30)20-7-19(18-2-3-18)23(8-21(20)28)34-14-27-9-15-4-16(10-27)6-17(5-15)11-27/h7-8,15-18,22,33H,2-6,9-14H2,1H3,(H,31,32). The van der Waals surface area contributed by atoms with Gasteiger partial charge in [0.2, 0.25) is 0 Å². The van der Waals surface area contributed by atoms with Gasteiger partial charge in [0.1, 0.15) is 17.6 Å². The summed E-state index contributed by atoms with van der Waals surface area (Å²) in [4.78, 5) is 26.0. The van der Waals surface area contributed by atoms with E-state index in [0.29, 0.717) is 12.4 Å². The second kappa shape index (κ2) is 7.67. The number of carboxylic acids is 1. The number of aliphatic hydroxyl groups is 1. The maximum Gasteiger partial charge on any atom is 0.326 e. The van der Waals surface area contributed by atoms with Crippen molar-refractivity contribution in [3.05, 3.63) is 29.1 Å². The van der Waals surface area contributed by atoms with E-state index in [1.165, 1.54) is 51.5 Å². The summed E-state index contributed by atoms with van der Waals surface area (Å²) < 4.78 is 21.6. The zero-order chi connectivity index (χ0) is 23.8. The first-order chi connectivity index (χ1) is 16.1. The third kappa shape index (κ3) is 3.90. The molecule has 2 N–H and O–H groups in total. The lowest BCUT2D eigenvalue weighted by molar-refractivity contribution is -0.141. The summed E-state index contributed by atoms with van der Waals surface area (Å²) in [5, 5.41) is 19.9. The van der Waals surface area contributed by atoms with Crippen LogP contribution in [0, 0.1) is 29.0 Å². The lowest BCUT2D eigenvalue weighted by atomic mass is 9.50. The SMILES string of the molecule is CC1(O)CC(C(=O)O)N(C(=O)c2cc(C3CC3)c(OCC34CC5CC(CC(C5)C3)C4)cc2F)C1. The van der Waals surface area contributed by atoms with Gasteiger partial charge in [-0.3, -0.25) is 4.79 Å². The Morgan fingerprint density at radius 1 is 1.09 bits per heavy atom. The first-order valence-corrected chi connectivity index (χ1v) is 12.8. The van der Waals surface area contributed by atoms with Crippen molar-refractivity contribution in [3.8, 4) is 5.75 Å². The molecule has 6 aliphatic rings. The Labute approximate surface area is 199 Å². The number of carbonyl (C=O) groups is 2. The van der Waals surface area contributed by atoms with Crippen LogP contribution in [0.4, 0.5) is 4.39 Å². The summed E-state index contributed by atoms with van der Waals surface area (Å²) in [6.07, 6.45) is 9.59. The zero-order valence-electron chi connectivity index (χ0n) is 19.8. The normalized spacial score (nSPS) is 38.4. The first-order valence-electron chi connectivity index (χ1n) is 12.8. The van der Waals surface area contributed by atoms with Crippen LogP contribution in [-0.4, -0.2) is 51.8 Å². The molecule has 5 saturated carbocycles. The topological polar surface area (TPSA) is 87.1 Å². The molecule has 34 heavy (non-hydrogen) atoms. The molecule has 1 aromatic carbocycles. The van der Waals surface area contributed by atoms with E-state index in [4.69, 9.17) is 4.74 Å². The number of likely N-dealkylation sites (tertiary alicyclic amines) is 1. The number of halogens is 1. The molecule has 2 unspecified atom stereocenters. The maximum absolute atomic E-state index is 15.3. The van der Waals surface area contributed by atoms with E-state index in [1.807, 2.05) is 0 Å². The van der Waals surface area contributed by atoms with Gasteiger partial charge >= 0.3 is 5.97 Å². The summed E-state index contributed by atoms with van der Waals surface area (Å²) in [6, 6.07) is 1.75. The smallest absolute Gasteiger partial charge is 0.326 e. The van der Waals surface area contributed by atoms with Gasteiger partial charge < -0.3 is 19.8 Å². The number of ether oxygens (including phenoxy) is 1. The van der Waals surface area contributed by atoms with Gasteiger partial charge in [0.15, 0.2) is 0 Å². The predicted molar refractivity (Wildman–Crippen MR) is 122 cm³/mol. The number of benzene rings is 1. The fourth-order valence-electron chi connectivity index (χ4n) is 7.93. The van der Waals surface area contributed by atoms with Crippen LogP contribution in [0.1, 0.15) is 86.6 Å². The van der Waals surface area contributed by atoms with E-state index in [0.717, 1.165) is 41.1 Å². The fraction of sp³-hybridized carbons (Fsp3) is 0.704. The van der Waals surface area contributed by atoms with Gasteiger partial charge in [0, 0.05) is 17.9 Å². The van der Waals surface area contributed by atoms with E-state index >= 15 is 4.39 Å². The molecule has 4 bridgehead atoms. The number of hydrogen-bond donors (Lipinski definition) is 2. The average Bonchev–Trinajstić information content (AvgIpc) is 3.53. The van der Waals surface area contributed by atoms with E-state index < -0.39 is 29.3 Å². The molecule has 184 valence electrons. The summed E-state index contributed by atoms with van der Waals surface area (Å²) in [7, 11) is 0. The van der Waals surface area contributed by atoms with Crippen LogP contribution in [0.15, 0.2) is 12.1 Å². The Hall–Kier alpha value is -2.15. The molecule has 2 atom stereocenters. The molecule has 1 amide bonds. The van der Waals surface area contributed by atoms with Crippen molar-refractivity contribution in [2.24, 2.45) is 23.2 Å². The van der Waals surface area contributed by atoms with Gasteiger partial charge in [-0.2, -0.15) is 0 Å². The number of rotatable bonds is 6. The van der Waals surface area contributed by atoms with Crippen LogP contribution in [0.3, 0.4) is 0 Å². The molecule has 6 fully saturated rings. The van der Waals surface area contributed by atoms with Gasteiger partial charge in [-0.15, -0.1) is 0 Å². The Morgan fingerprint density at radius 3 is 2.26 bits per heavy atom. The van der Waals surface area contributed by atoms with Gasteiger partial charge in [-0.05, 0) is 93.6 Å². The summed E-state index contributed by atoms with van der Waals surface area (Å²) >= 11 is 0. The zero-order valence-corrected chi connectivity index (χ0v) is 19.8. The number of β-amino-alcohol motifs (C(OH)–C–C–N with tert-alkyl or cyclic N) is 1. The Balaban J connectivity index is 1.25. The van der Waals surface area contributed by atoms with Crippen LogP contribution >= 0.6 is 0 Å². The maximum atomic E-state index is 15.3. The number of carboxylic acid groups (broad SMARTS) is 1. The predicted octanol–water partition coefficient (Wildman–Crippen LogP) is 4.35. The molecule has 1 saturated heterocycles. The van der Waals surface area contributed by atoms with Crippen LogP contribution in [0.2, 0.25) is 0 Å². The van der Waals surface area contributed by atoms with Crippen molar-refractivity contribution >= 4 is 11.9 Å². The van der Waals surface area contributed by atoms with Crippen molar-refractivity contribution in [1.29, 1.82) is 0 Å². The molecule has 1 aliphatic heterocycles. The minimum atomic E-state index is -1.31. The minimum absolute atomic E-state index is 0.0720. The van der Waals surface area contributed by atoms with Gasteiger partial charge in [-0.1, -0.05) is 0 Å². The monoisotopic (exact) mass is 471 g/mol. The van der Waals surface area contributed by atoms with Crippen molar-refractivity contribution in [2.45, 2.75) is 82.3 Å². The highest BCUT2D eigenvalue weighted by Gasteiger charge is 2.51. The molecule has 5 aliphatic carbocycles. The van der Waals surface area contributed by atoms with Crippen molar-refractivity contribution in [2.75, 3.05) is 13.2 Å². The van der Waals surface area contributed by atoms with E-state index in [9.17, 15) is 19.8 Å². The number of carbonyl (C=O) groups excluding carboxylic acids is 1. The lowest BCUT2D eigenvalue weighted by Gasteiger charge is -2.56. The van der Waals surface area contributed by atoms with E-state index in [2.05, 4.69) is 0 Å². The molecule has 7 heteroatoms. The van der Waals surface area contributed by atoms with Crippen molar-refractivity contribution in [1.82, 2.24) is 4.90 Å². The molecule has 0 radical (unpaired) electrons. The third-order valence-corrected chi connectivity index (χ3v) is 9.11. The quantitative estimate of drug-likeness (QED) is 0.644. The molecule has 6 nitrogen and oxygen atoms in total. The lowest BCUT2D eigenvalue weighted by Crippen LogP contribution is -2.48. The molecular formula is C27H34FNO5. The van der Waals surface area contributed by atoms with Crippen LogP contribution in [-0.2, 0) is 4.79 Å². The molecule has 1 heterocycles. The Bertz CT molecular complexity index is 997. The largest absolute Gasteiger partial charge is 0.493 e.